The maximum atomic E-state index is 5.60. The molecular formula is C106H82N10+2. The maximum absolute atomic E-state index is 5.60. The van der Waals surface area contributed by atoms with Gasteiger partial charge in [-0.3, -0.25) is 0 Å². The van der Waals surface area contributed by atoms with Crippen molar-refractivity contribution in [2.75, 3.05) is 0 Å². The van der Waals surface area contributed by atoms with Gasteiger partial charge in [-0.05, 0) is 194 Å². The summed E-state index contributed by atoms with van der Waals surface area (Å²) in [6, 6.07) is 96.9. The number of rotatable bonds is 13. The van der Waals surface area contributed by atoms with Gasteiger partial charge < -0.3 is 19.9 Å². The summed E-state index contributed by atoms with van der Waals surface area (Å²) < 4.78 is 4.49. The lowest BCUT2D eigenvalue weighted by molar-refractivity contribution is -0.688. The Labute approximate surface area is 674 Å². The van der Waals surface area contributed by atoms with Gasteiger partial charge in [0.15, 0.2) is 37.9 Å². The standard InChI is InChI=1S/C106H80N10/c1-65-7-23-75(24-8-65)99-83-39-43-87(107-83)101(77-27-11-67(3)12-28-77)91-47-51-95(111-91)105(96-52-48-92(112-96)102(88-44-40-84(99)108-88)78-29-13-68(4)14-30-78)81-35-19-71(20-36-81)63-115-59-55-73(56-60-115)74-57-61-116(62-58-74)64-72-21-37-82(38-22-72)106-97-53-49-93(113-97)103(79-31-15-69(5)16-32-79)89-45-41-85(109-89)100(76-25-9-66(2)10-26-76)86-42-46-90(110-86)104(94-50-54-98(106)114-94)80-33-17-70(6)18-34-80/h7-62H,63-64H2,1-6H3,(H2,107,108,109,110,111,112,113,114)/p+2. The Hall–Kier alpha value is -14.7. The van der Waals surface area contributed by atoms with Crippen LogP contribution in [0, 0.1) is 41.5 Å². The number of nitrogens with one attached hydrogen (secondary N) is 4. The fourth-order valence-corrected chi connectivity index (χ4v) is 16.6. The van der Waals surface area contributed by atoms with Crippen molar-refractivity contribution in [1.29, 1.82) is 0 Å². The second kappa shape index (κ2) is 29.4. The fourth-order valence-electron chi connectivity index (χ4n) is 16.6. The van der Waals surface area contributed by atoms with Crippen LogP contribution in [0.1, 0.15) is 90.1 Å². The van der Waals surface area contributed by atoms with Crippen LogP contribution >= 0.6 is 0 Å². The van der Waals surface area contributed by atoms with Crippen molar-refractivity contribution in [3.8, 4) is 100 Å². The van der Waals surface area contributed by atoms with E-state index in [-0.39, 0.29) is 0 Å². The zero-order chi connectivity index (χ0) is 78.1. The molecule has 10 heteroatoms. The summed E-state index contributed by atoms with van der Waals surface area (Å²) in [4.78, 5) is 38.0. The van der Waals surface area contributed by atoms with Crippen LogP contribution < -0.4 is 9.13 Å². The molecule has 10 nitrogen and oxygen atoms in total. The van der Waals surface area contributed by atoms with Gasteiger partial charge in [-0.2, -0.15) is 0 Å². The number of hydrogen-bond donors (Lipinski definition) is 4. The predicted octanol–water partition coefficient (Wildman–Crippen LogP) is 25.1. The van der Waals surface area contributed by atoms with Gasteiger partial charge in [-0.15, -0.1) is 0 Å². The Bertz CT molecular complexity index is 6550. The van der Waals surface area contributed by atoms with E-state index in [4.69, 9.17) is 19.9 Å². The Balaban J connectivity index is 0.604. The quantitative estimate of drug-likeness (QED) is 0.0859. The Morgan fingerprint density at radius 2 is 0.336 bits per heavy atom. The molecule has 0 atom stereocenters. The van der Waals surface area contributed by atoms with Gasteiger partial charge in [-0.1, -0.05) is 228 Å². The number of H-pyrrole nitrogens is 4. The summed E-state index contributed by atoms with van der Waals surface area (Å²) in [5, 5.41) is 0. The van der Waals surface area contributed by atoms with Crippen molar-refractivity contribution in [2.24, 2.45) is 0 Å². The molecule has 4 aliphatic heterocycles. The average molecular weight is 1500 g/mol. The van der Waals surface area contributed by atoms with Gasteiger partial charge in [0.1, 0.15) is 0 Å². The number of fused-ring (bicyclic) bond motifs is 16. The minimum atomic E-state index is 0.697. The SMILES string of the molecule is Cc1ccc(-c2c3nc(c(-c4ccc(C)cc4)c4ccc([nH]4)c(-c4ccc(C[n+]5ccc(-c6cc[n+](Cc7ccc(-c8c9nc(c(-c%10ccc(C)cc%10)c%10ccc([nH]%10)c(-c%10ccc(C)cc%10)c%10nc(c(-c%11ccc(C)cc%11)c%11ccc8[nH]%11)C=C%10)C=C9)cc7)cc6)cc5)cc4)c4nc(c(-c5ccc(C)cc5)c5ccc2[nH]5)C=C4)C=C3)cc1. The lowest BCUT2D eigenvalue weighted by Gasteiger charge is -2.08. The number of aromatic amines is 4. The van der Waals surface area contributed by atoms with Gasteiger partial charge in [0.2, 0.25) is 0 Å². The first kappa shape index (κ1) is 70.4. The van der Waals surface area contributed by atoms with Crippen LogP contribution in [0.15, 0.2) is 292 Å². The molecule has 0 amide bonds. The van der Waals surface area contributed by atoms with E-state index in [1.165, 1.54) is 44.5 Å². The first-order chi connectivity index (χ1) is 56.8. The van der Waals surface area contributed by atoms with Crippen LogP contribution in [0.25, 0.3) is 193 Å². The highest BCUT2D eigenvalue weighted by atomic mass is 14.9. The molecule has 16 bridgehead atoms. The number of hydrogen-bond acceptors (Lipinski definition) is 4. The number of nitrogens with zero attached hydrogens (tertiary/aromatic N) is 6. The molecule has 0 aliphatic carbocycles. The van der Waals surface area contributed by atoms with Crippen molar-refractivity contribution in [1.82, 2.24) is 39.9 Å². The highest BCUT2D eigenvalue weighted by Gasteiger charge is 2.24. The molecule has 12 heterocycles. The summed E-state index contributed by atoms with van der Waals surface area (Å²) >= 11 is 0. The number of pyridine rings is 2. The van der Waals surface area contributed by atoms with E-state index >= 15 is 0 Å². The van der Waals surface area contributed by atoms with Gasteiger partial charge in [0.05, 0.1) is 45.6 Å². The van der Waals surface area contributed by atoms with Gasteiger partial charge in [0, 0.05) is 124 Å². The van der Waals surface area contributed by atoms with Gasteiger partial charge in [0.25, 0.3) is 0 Å². The molecule has 0 fully saturated rings. The lowest BCUT2D eigenvalue weighted by atomic mass is 10.0. The fraction of sp³-hybridized carbons (Fsp3) is 0.0755. The Morgan fingerprint density at radius 1 is 0.181 bits per heavy atom. The van der Waals surface area contributed by atoms with E-state index in [0.29, 0.717) is 13.1 Å². The number of benzene rings is 8. The second-order valence-electron chi connectivity index (χ2n) is 31.1. The molecule has 554 valence electrons. The van der Waals surface area contributed by atoms with Crippen LogP contribution in [-0.2, 0) is 13.1 Å². The van der Waals surface area contributed by atoms with Crippen LogP contribution in [0.5, 0.6) is 0 Å². The van der Waals surface area contributed by atoms with Crippen molar-refractivity contribution in [2.45, 2.75) is 54.6 Å². The number of aromatic nitrogens is 10. The van der Waals surface area contributed by atoms with Crippen molar-refractivity contribution < 1.29 is 9.13 Å². The summed E-state index contributed by atoms with van der Waals surface area (Å²) in [5.74, 6) is 0. The first-order valence-electron chi connectivity index (χ1n) is 39.8. The topological polar surface area (TPSA) is 122 Å². The summed E-state index contributed by atoms with van der Waals surface area (Å²) in [5.41, 5.74) is 43.4. The smallest absolute Gasteiger partial charge is 0.173 e. The highest BCUT2D eigenvalue weighted by Crippen LogP contribution is 2.43. The zero-order valence-corrected chi connectivity index (χ0v) is 65.4. The van der Waals surface area contributed by atoms with Crippen molar-refractivity contribution in [3.05, 3.63) is 382 Å². The Morgan fingerprint density at radius 3 is 0.500 bits per heavy atom. The maximum Gasteiger partial charge on any atom is 0.173 e. The second-order valence-corrected chi connectivity index (χ2v) is 31.1. The van der Waals surface area contributed by atoms with Crippen molar-refractivity contribution in [3.63, 3.8) is 0 Å². The molecule has 8 aromatic heterocycles. The lowest BCUT2D eigenvalue weighted by Crippen LogP contribution is -2.33. The summed E-state index contributed by atoms with van der Waals surface area (Å²) in [7, 11) is 0. The Kier molecular flexibility index (Phi) is 17.8. The molecule has 0 saturated heterocycles. The van der Waals surface area contributed by atoms with Crippen LogP contribution in [0.4, 0.5) is 0 Å². The average Bonchev–Trinajstić information content (AvgIpc) is 1.61. The van der Waals surface area contributed by atoms with E-state index in [0.717, 1.165) is 190 Å². The molecule has 20 rings (SSSR count). The third-order valence-electron chi connectivity index (χ3n) is 22.9. The molecule has 4 N–H and O–H groups in total. The predicted molar refractivity (Wildman–Crippen MR) is 480 cm³/mol. The molecule has 0 spiro atoms. The molecule has 0 radical (unpaired) electrons. The van der Waals surface area contributed by atoms with Crippen LogP contribution in [0.2, 0.25) is 0 Å². The molecule has 4 aliphatic rings. The normalized spacial score (nSPS) is 12.2. The van der Waals surface area contributed by atoms with E-state index in [1.807, 2.05) is 0 Å². The summed E-state index contributed by atoms with van der Waals surface area (Å²) in [6.45, 7) is 14.2. The third kappa shape index (κ3) is 13.6. The van der Waals surface area contributed by atoms with Crippen LogP contribution in [-0.4, -0.2) is 39.9 Å². The molecule has 0 saturated carbocycles. The van der Waals surface area contributed by atoms with E-state index in [1.54, 1.807) is 0 Å². The first-order valence-corrected chi connectivity index (χ1v) is 39.8. The monoisotopic (exact) mass is 1490 g/mol. The summed E-state index contributed by atoms with van der Waals surface area (Å²) in [6.07, 6.45) is 26.1. The van der Waals surface area contributed by atoms with Gasteiger partial charge >= 0.3 is 0 Å². The number of aryl methyl sites for hydroxylation is 6. The molecule has 16 aromatic rings. The highest BCUT2D eigenvalue weighted by molar-refractivity contribution is 6.03. The molecule has 0 unspecified atom stereocenters. The van der Waals surface area contributed by atoms with Crippen molar-refractivity contribution >= 4 is 92.7 Å². The van der Waals surface area contributed by atoms with E-state index < -0.39 is 0 Å². The largest absolute Gasteiger partial charge is 0.354 e. The minimum absolute atomic E-state index is 0.697. The third-order valence-corrected chi connectivity index (χ3v) is 22.9. The van der Waals surface area contributed by atoms with Crippen LogP contribution in [0.3, 0.4) is 0 Å². The van der Waals surface area contributed by atoms with E-state index in [9.17, 15) is 0 Å². The van der Waals surface area contributed by atoms with Gasteiger partial charge in [-0.25, -0.2) is 29.1 Å². The minimum Gasteiger partial charge on any atom is -0.354 e. The molecule has 116 heavy (non-hydrogen) atoms. The zero-order valence-electron chi connectivity index (χ0n) is 65.4. The molecular weight excluding hydrogens is 1410 g/mol. The van der Waals surface area contributed by atoms with E-state index in [2.05, 4.69) is 411 Å². The molecule has 8 aromatic carbocycles.